The highest BCUT2D eigenvalue weighted by molar-refractivity contribution is 5.45. The molecule has 0 saturated carbocycles. The lowest BCUT2D eigenvalue weighted by molar-refractivity contribution is -0.0705. The molecular weight excluding hydrogens is 328 g/mol. The van der Waals surface area contributed by atoms with E-state index in [1.54, 1.807) is 0 Å². The van der Waals surface area contributed by atoms with E-state index in [4.69, 9.17) is 9.47 Å². The summed E-state index contributed by atoms with van der Waals surface area (Å²) in [6, 6.07) is 4.99. The predicted molar refractivity (Wildman–Crippen MR) is 97.2 cm³/mol. The molecule has 0 amide bonds. The van der Waals surface area contributed by atoms with Crippen LogP contribution in [0.4, 0.5) is 0 Å². The molecule has 0 spiro atoms. The highest BCUT2D eigenvalue weighted by atomic mass is 16.5. The molecule has 1 aliphatic carbocycles. The third kappa shape index (κ3) is 2.81. The van der Waals surface area contributed by atoms with E-state index in [0.29, 0.717) is 19.3 Å². The van der Waals surface area contributed by atoms with Crippen LogP contribution in [0, 0.1) is 0 Å². The SMILES string of the molecule is CCOc1cc2c(cc1CN1CC[C@@H]3[C@@H](C1)OCc1cnnn13)CCC2. The van der Waals surface area contributed by atoms with Gasteiger partial charge in [-0.15, -0.1) is 5.10 Å². The van der Waals surface area contributed by atoms with E-state index < -0.39 is 0 Å². The number of hydrogen-bond donors (Lipinski definition) is 0. The van der Waals surface area contributed by atoms with E-state index in [1.807, 2.05) is 6.20 Å². The lowest BCUT2D eigenvalue weighted by Crippen LogP contribution is -2.48. The first-order valence-electron chi connectivity index (χ1n) is 9.82. The highest BCUT2D eigenvalue weighted by Crippen LogP contribution is 2.34. The van der Waals surface area contributed by atoms with Gasteiger partial charge in [-0.25, -0.2) is 4.68 Å². The lowest BCUT2D eigenvalue weighted by atomic mass is 9.98. The molecule has 0 N–H and O–H groups in total. The summed E-state index contributed by atoms with van der Waals surface area (Å²) in [5, 5.41) is 8.33. The Morgan fingerprint density at radius 3 is 3.04 bits per heavy atom. The molecule has 1 fully saturated rings. The van der Waals surface area contributed by atoms with Crippen molar-refractivity contribution in [2.75, 3.05) is 19.7 Å². The normalized spacial score (nSPS) is 24.8. The maximum atomic E-state index is 6.11. The highest BCUT2D eigenvalue weighted by Gasteiger charge is 2.36. The molecule has 0 bridgehead atoms. The standard InChI is InChI=1S/C20H26N4O2/c1-2-25-19-9-15-5-3-4-14(15)8-16(19)11-23-7-6-18-20(12-23)26-13-17-10-21-22-24(17)18/h8-10,18,20H,2-7,11-13H2,1H3/t18-,20-/m1/s1. The minimum atomic E-state index is 0.197. The smallest absolute Gasteiger partial charge is 0.124 e. The van der Waals surface area contributed by atoms with Gasteiger partial charge in [0.2, 0.25) is 0 Å². The van der Waals surface area contributed by atoms with E-state index in [2.05, 4.69) is 39.0 Å². The minimum Gasteiger partial charge on any atom is -0.494 e. The second-order valence-electron chi connectivity index (χ2n) is 7.63. The quantitative estimate of drug-likeness (QED) is 0.844. The molecular formula is C20H26N4O2. The Hall–Kier alpha value is -1.92. The van der Waals surface area contributed by atoms with Crippen LogP contribution >= 0.6 is 0 Å². The number of rotatable bonds is 4. The number of aryl methyl sites for hydroxylation is 2. The number of fused-ring (bicyclic) bond motifs is 4. The van der Waals surface area contributed by atoms with Crippen LogP contribution in [0.1, 0.15) is 48.2 Å². The Balaban J connectivity index is 1.34. The maximum Gasteiger partial charge on any atom is 0.124 e. The molecule has 138 valence electrons. The molecule has 6 nitrogen and oxygen atoms in total. The van der Waals surface area contributed by atoms with Crippen molar-refractivity contribution in [2.24, 2.45) is 0 Å². The van der Waals surface area contributed by atoms with Crippen LogP contribution in [0.25, 0.3) is 0 Å². The van der Waals surface area contributed by atoms with Gasteiger partial charge in [-0.3, -0.25) is 4.90 Å². The third-order valence-corrected chi connectivity index (χ3v) is 5.99. The van der Waals surface area contributed by atoms with Crippen molar-refractivity contribution in [3.63, 3.8) is 0 Å². The molecule has 1 aromatic heterocycles. The van der Waals surface area contributed by atoms with E-state index >= 15 is 0 Å². The fourth-order valence-corrected chi connectivity index (χ4v) is 4.70. The first-order valence-corrected chi connectivity index (χ1v) is 9.82. The van der Waals surface area contributed by atoms with Crippen molar-refractivity contribution in [1.82, 2.24) is 19.9 Å². The van der Waals surface area contributed by atoms with Gasteiger partial charge in [0.05, 0.1) is 37.3 Å². The Morgan fingerprint density at radius 1 is 1.27 bits per heavy atom. The molecule has 1 saturated heterocycles. The van der Waals surface area contributed by atoms with Crippen molar-refractivity contribution in [3.05, 3.63) is 40.7 Å². The van der Waals surface area contributed by atoms with Crippen LogP contribution < -0.4 is 4.74 Å². The van der Waals surface area contributed by atoms with E-state index in [1.165, 1.54) is 36.0 Å². The lowest BCUT2D eigenvalue weighted by Gasteiger charge is -2.41. The van der Waals surface area contributed by atoms with Crippen LogP contribution in [0.3, 0.4) is 0 Å². The zero-order chi connectivity index (χ0) is 17.5. The van der Waals surface area contributed by atoms with Crippen LogP contribution in [0.5, 0.6) is 5.75 Å². The first kappa shape index (κ1) is 16.3. The van der Waals surface area contributed by atoms with Crippen LogP contribution in [0.15, 0.2) is 18.3 Å². The summed E-state index contributed by atoms with van der Waals surface area (Å²) in [5.41, 5.74) is 5.41. The van der Waals surface area contributed by atoms with Crippen LogP contribution in [-0.4, -0.2) is 45.7 Å². The van der Waals surface area contributed by atoms with Crippen molar-refractivity contribution in [3.8, 4) is 5.75 Å². The number of ether oxygens (including phenoxy) is 2. The van der Waals surface area contributed by atoms with Gasteiger partial charge in [0.25, 0.3) is 0 Å². The minimum absolute atomic E-state index is 0.197. The molecule has 6 heteroatoms. The van der Waals surface area contributed by atoms with E-state index in [9.17, 15) is 0 Å². The Labute approximate surface area is 154 Å². The topological polar surface area (TPSA) is 52.4 Å². The molecule has 3 aliphatic rings. The number of piperidine rings is 1. The largest absolute Gasteiger partial charge is 0.494 e. The molecule has 26 heavy (non-hydrogen) atoms. The zero-order valence-corrected chi connectivity index (χ0v) is 15.4. The second kappa shape index (κ2) is 6.67. The van der Waals surface area contributed by atoms with Gasteiger partial charge in [-0.2, -0.15) is 0 Å². The van der Waals surface area contributed by atoms with Crippen LogP contribution in [0.2, 0.25) is 0 Å². The Kier molecular flexibility index (Phi) is 4.17. The first-order chi connectivity index (χ1) is 12.8. The summed E-state index contributed by atoms with van der Waals surface area (Å²) in [6.45, 7) is 6.31. The molecule has 2 aliphatic heterocycles. The molecule has 0 unspecified atom stereocenters. The molecule has 2 atom stereocenters. The zero-order valence-electron chi connectivity index (χ0n) is 15.4. The number of nitrogens with zero attached hydrogens (tertiary/aromatic N) is 4. The average Bonchev–Trinajstić information content (AvgIpc) is 3.30. The Morgan fingerprint density at radius 2 is 2.15 bits per heavy atom. The monoisotopic (exact) mass is 354 g/mol. The van der Waals surface area contributed by atoms with Gasteiger partial charge in [0, 0.05) is 25.2 Å². The summed E-state index contributed by atoms with van der Waals surface area (Å²) < 4.78 is 14.2. The van der Waals surface area contributed by atoms with Gasteiger partial charge in [-0.1, -0.05) is 11.3 Å². The number of aromatic nitrogens is 3. The number of likely N-dealkylation sites (tertiary alicyclic amines) is 1. The summed E-state index contributed by atoms with van der Waals surface area (Å²) in [4.78, 5) is 2.50. The van der Waals surface area contributed by atoms with Gasteiger partial charge < -0.3 is 9.47 Å². The van der Waals surface area contributed by atoms with E-state index in [0.717, 1.165) is 37.5 Å². The number of hydrogen-bond acceptors (Lipinski definition) is 5. The van der Waals surface area contributed by atoms with Gasteiger partial charge >= 0.3 is 0 Å². The fourth-order valence-electron chi connectivity index (χ4n) is 4.70. The molecule has 0 radical (unpaired) electrons. The van der Waals surface area contributed by atoms with Crippen molar-refractivity contribution in [2.45, 2.75) is 57.9 Å². The van der Waals surface area contributed by atoms with Crippen molar-refractivity contribution < 1.29 is 9.47 Å². The summed E-state index contributed by atoms with van der Waals surface area (Å²) in [6.07, 6.45) is 6.74. The molecule has 3 heterocycles. The van der Waals surface area contributed by atoms with E-state index in [-0.39, 0.29) is 6.10 Å². The predicted octanol–water partition coefficient (Wildman–Crippen LogP) is 2.51. The summed E-state index contributed by atoms with van der Waals surface area (Å²) in [5.74, 6) is 1.07. The molecule has 1 aromatic carbocycles. The van der Waals surface area contributed by atoms with Gasteiger partial charge in [-0.05, 0) is 49.8 Å². The second-order valence-corrected chi connectivity index (χ2v) is 7.63. The van der Waals surface area contributed by atoms with Gasteiger partial charge in [0.1, 0.15) is 5.75 Å². The van der Waals surface area contributed by atoms with Gasteiger partial charge in [0.15, 0.2) is 0 Å². The average molecular weight is 354 g/mol. The van der Waals surface area contributed by atoms with Crippen LogP contribution in [-0.2, 0) is 30.7 Å². The number of benzene rings is 1. The summed E-state index contributed by atoms with van der Waals surface area (Å²) in [7, 11) is 0. The third-order valence-electron chi connectivity index (χ3n) is 5.99. The summed E-state index contributed by atoms with van der Waals surface area (Å²) >= 11 is 0. The Bertz CT molecular complexity index is 803. The molecule has 5 rings (SSSR count). The fraction of sp³-hybridized carbons (Fsp3) is 0.600. The van der Waals surface area contributed by atoms with Crippen molar-refractivity contribution >= 4 is 0 Å². The molecule has 2 aromatic rings. The maximum absolute atomic E-state index is 6.11. The van der Waals surface area contributed by atoms with Crippen molar-refractivity contribution in [1.29, 1.82) is 0 Å².